The first-order valence-electron chi connectivity index (χ1n) is 16.3. The molecule has 0 heterocycles. The predicted octanol–water partition coefficient (Wildman–Crippen LogP) is 4.64. The first kappa shape index (κ1) is 39.3. The Morgan fingerprint density at radius 1 is 0.830 bits per heavy atom. The van der Waals surface area contributed by atoms with Crippen LogP contribution in [0, 0.1) is 0 Å². The lowest BCUT2D eigenvalue weighted by molar-refractivity contribution is -0.158. The van der Waals surface area contributed by atoms with Gasteiger partial charge in [0.2, 0.25) is 24.1 Å². The number of hydrogen-bond acceptors (Lipinski definition) is 9. The zero-order valence-electron chi connectivity index (χ0n) is 29.9. The number of hydroxylamine groups is 2. The number of carbonyl (C=O) groups excluding carboxylic acids is 4. The summed E-state index contributed by atoms with van der Waals surface area (Å²) in [6.45, 7) is -0.188. The summed E-state index contributed by atoms with van der Waals surface area (Å²) in [5.74, 6) is -3.18. The van der Waals surface area contributed by atoms with Crippen LogP contribution in [0.1, 0.15) is 18.4 Å². The Morgan fingerprint density at radius 3 is 2.21 bits per heavy atom. The number of rotatable bonds is 15. The monoisotopic (exact) mass is 728 g/mol. The van der Waals surface area contributed by atoms with E-state index in [-0.39, 0.29) is 22.9 Å². The molecule has 0 aliphatic rings. The van der Waals surface area contributed by atoms with Gasteiger partial charge in [0.05, 0.1) is 32.4 Å². The molecule has 0 saturated heterocycles. The van der Waals surface area contributed by atoms with Crippen molar-refractivity contribution >= 4 is 52.5 Å². The summed E-state index contributed by atoms with van der Waals surface area (Å²) in [6.07, 6.45) is 0. The zero-order valence-corrected chi connectivity index (χ0v) is 29.9. The highest BCUT2D eigenvalue weighted by Crippen LogP contribution is 2.35. The van der Waals surface area contributed by atoms with E-state index in [9.17, 15) is 34.3 Å². The second kappa shape index (κ2) is 17.7. The molecule has 2 unspecified atom stereocenters. The summed E-state index contributed by atoms with van der Waals surface area (Å²) >= 11 is 0. The number of quaternary nitrogens is 1. The van der Waals surface area contributed by atoms with Crippen molar-refractivity contribution in [2.24, 2.45) is 0 Å². The van der Waals surface area contributed by atoms with E-state index < -0.39 is 60.0 Å². The summed E-state index contributed by atoms with van der Waals surface area (Å²) in [5, 5.41) is 25.7. The molecule has 2 atom stereocenters. The highest BCUT2D eigenvalue weighted by Gasteiger charge is 2.38. The second-order valence-corrected chi connectivity index (χ2v) is 11.9. The number of para-hydroxylation sites is 3. The van der Waals surface area contributed by atoms with Crippen LogP contribution in [0.4, 0.5) is 27.5 Å². The van der Waals surface area contributed by atoms with E-state index in [1.54, 1.807) is 79.8 Å². The molecule has 0 spiro atoms. The van der Waals surface area contributed by atoms with Crippen LogP contribution in [-0.2, 0) is 19.2 Å². The highest BCUT2D eigenvalue weighted by molar-refractivity contribution is 6.06. The molecule has 0 aliphatic carbocycles. The number of ether oxygens (including phenoxy) is 3. The number of nitrogens with one attached hydrogen (secondary N) is 2. The summed E-state index contributed by atoms with van der Waals surface area (Å²) in [7, 11) is 5.63. The fourth-order valence-electron chi connectivity index (χ4n) is 5.14. The number of benzene rings is 4. The van der Waals surface area contributed by atoms with Crippen molar-refractivity contribution in [3.63, 3.8) is 0 Å². The third-order valence-electron chi connectivity index (χ3n) is 8.38. The molecule has 4 N–H and O–H groups in total. The molecule has 15 heteroatoms. The number of urea groups is 1. The predicted molar refractivity (Wildman–Crippen MR) is 198 cm³/mol. The fraction of sp³-hybridized carbons (Fsp3) is 0.237. The van der Waals surface area contributed by atoms with Crippen molar-refractivity contribution in [2.45, 2.75) is 12.8 Å². The van der Waals surface area contributed by atoms with E-state index in [1.165, 1.54) is 57.4 Å². The Bertz CT molecular complexity index is 1950. The average Bonchev–Trinajstić information content (AvgIpc) is 3.17. The number of aliphatic carboxylic acids is 1. The molecule has 5 amide bonds. The zero-order chi connectivity index (χ0) is 38.7. The molecular weight excluding hydrogens is 686 g/mol. The molecule has 0 aromatic heterocycles. The molecular formula is C38H42N5O10+. The molecule has 0 bridgehead atoms. The van der Waals surface area contributed by atoms with Crippen molar-refractivity contribution in [3.8, 4) is 17.2 Å². The van der Waals surface area contributed by atoms with Gasteiger partial charge in [0.25, 0.3) is 0 Å². The Labute approximate surface area is 306 Å². The van der Waals surface area contributed by atoms with Gasteiger partial charge in [0.15, 0.2) is 5.75 Å². The smallest absolute Gasteiger partial charge is 0.388 e. The van der Waals surface area contributed by atoms with Crippen molar-refractivity contribution in [1.82, 2.24) is 9.96 Å². The number of carbonyl (C=O) groups is 5. The topological polar surface area (TPSA) is 184 Å². The molecule has 0 fully saturated rings. The van der Waals surface area contributed by atoms with Crippen LogP contribution in [0.5, 0.6) is 17.2 Å². The maximum Gasteiger partial charge on any atom is 0.388 e. The Morgan fingerprint density at radius 2 is 1.53 bits per heavy atom. The van der Waals surface area contributed by atoms with Gasteiger partial charge in [-0.25, -0.2) is 14.8 Å². The van der Waals surface area contributed by atoms with Crippen LogP contribution in [0.2, 0.25) is 0 Å². The van der Waals surface area contributed by atoms with Crippen LogP contribution in [-0.4, -0.2) is 88.0 Å². The van der Waals surface area contributed by atoms with Crippen molar-refractivity contribution < 1.29 is 48.5 Å². The molecule has 0 radical (unpaired) electrons. The second-order valence-electron chi connectivity index (χ2n) is 11.9. The van der Waals surface area contributed by atoms with E-state index in [4.69, 9.17) is 14.2 Å². The third kappa shape index (κ3) is 9.87. The number of anilines is 3. The van der Waals surface area contributed by atoms with Crippen molar-refractivity contribution in [3.05, 3.63) is 103 Å². The van der Waals surface area contributed by atoms with Crippen LogP contribution in [0.25, 0.3) is 0 Å². The van der Waals surface area contributed by atoms with Crippen molar-refractivity contribution in [1.29, 1.82) is 0 Å². The fourth-order valence-corrected chi connectivity index (χ4v) is 5.14. The summed E-state index contributed by atoms with van der Waals surface area (Å²) in [5.41, 5.74) is 1.55. The van der Waals surface area contributed by atoms with Crippen LogP contribution in [0.3, 0.4) is 0 Å². The van der Waals surface area contributed by atoms with E-state index in [2.05, 4.69) is 10.6 Å². The maximum atomic E-state index is 13.8. The van der Waals surface area contributed by atoms with E-state index >= 15 is 0 Å². The summed E-state index contributed by atoms with van der Waals surface area (Å²) in [6, 6.07) is 25.1. The lowest BCUT2D eigenvalue weighted by Crippen LogP contribution is -2.50. The summed E-state index contributed by atoms with van der Waals surface area (Å²) < 4.78 is 15.2. The molecule has 53 heavy (non-hydrogen) atoms. The quantitative estimate of drug-likeness (QED) is 0.0764. The minimum absolute atomic E-state index is 0.0378. The van der Waals surface area contributed by atoms with Gasteiger partial charge in [0.1, 0.15) is 25.1 Å². The van der Waals surface area contributed by atoms with Gasteiger partial charge < -0.3 is 34.9 Å². The minimum atomic E-state index is -1.26. The van der Waals surface area contributed by atoms with Gasteiger partial charge in [-0.2, -0.15) is 0 Å². The Kier molecular flexibility index (Phi) is 13.1. The van der Waals surface area contributed by atoms with E-state index in [0.29, 0.717) is 22.7 Å². The number of methoxy groups -OCH3 is 2. The standard InChI is InChI=1S/C38H41N5O10/c1-25(37(47)48)26-12-11-13-27(20-26)40-38(49)39-22-34(44)42(23-35(45)41(2)28-14-7-6-8-15-28)30-16-9-10-17-32(30)53-24-36(46)43(3,50)31-21-29(51-4)18-19-33(31)52-5/h6-21,25,50H,22-24H2,1-5H3,(H2-,39,40,47,48,49)/p+1. The first-order valence-corrected chi connectivity index (χ1v) is 16.3. The average molecular weight is 729 g/mol. The molecule has 4 aromatic carbocycles. The van der Waals surface area contributed by atoms with E-state index in [0.717, 1.165) is 4.90 Å². The van der Waals surface area contributed by atoms with E-state index in [1.807, 2.05) is 0 Å². The first-order chi connectivity index (χ1) is 25.3. The van der Waals surface area contributed by atoms with Gasteiger partial charge >= 0.3 is 17.9 Å². The Hall–Kier alpha value is -6.45. The number of carboxylic acid groups (broad SMARTS) is 1. The SMILES string of the molecule is COc1ccc(OC)c([N+](C)(O)C(=O)COc2ccccc2N(CC(=O)N(C)c2ccccc2)C(=O)CNC(=O)Nc2cccc(C(C)C(=O)O)c2)c1. The largest absolute Gasteiger partial charge is 0.497 e. The van der Waals surface area contributed by atoms with Gasteiger partial charge in [-0.05, 0) is 61.0 Å². The third-order valence-corrected chi connectivity index (χ3v) is 8.38. The van der Waals surface area contributed by atoms with Crippen molar-refractivity contribution in [2.75, 3.05) is 63.1 Å². The molecule has 15 nitrogen and oxygen atoms in total. The maximum absolute atomic E-state index is 13.8. The Balaban J connectivity index is 1.56. The highest BCUT2D eigenvalue weighted by atomic mass is 16.6. The van der Waals surface area contributed by atoms with Crippen LogP contribution < -0.4 is 39.3 Å². The molecule has 4 aromatic rings. The van der Waals surface area contributed by atoms with Gasteiger partial charge in [-0.15, -0.1) is 0 Å². The summed E-state index contributed by atoms with van der Waals surface area (Å²) in [4.78, 5) is 67.6. The number of amides is 5. The van der Waals surface area contributed by atoms with Crippen LogP contribution >= 0.6 is 0 Å². The van der Waals surface area contributed by atoms with Gasteiger partial charge in [0, 0.05) is 24.5 Å². The molecule has 4 rings (SSSR count). The number of nitrogens with zero attached hydrogens (tertiary/aromatic N) is 3. The molecule has 0 aliphatic heterocycles. The number of hydrogen-bond donors (Lipinski definition) is 4. The minimum Gasteiger partial charge on any atom is -0.497 e. The number of likely N-dealkylation sites (N-methyl/N-ethyl adjacent to an activating group) is 2. The van der Waals surface area contributed by atoms with Gasteiger partial charge in [-0.1, -0.05) is 47.1 Å². The number of carboxylic acids is 1. The normalized spacial score (nSPS) is 12.3. The lowest BCUT2D eigenvalue weighted by atomic mass is 10.0. The van der Waals surface area contributed by atoms with Gasteiger partial charge in [-0.3, -0.25) is 19.3 Å². The van der Waals surface area contributed by atoms with Crippen LogP contribution in [0.15, 0.2) is 97.1 Å². The molecule has 0 saturated carbocycles. The molecule has 278 valence electrons. The lowest BCUT2D eigenvalue weighted by Gasteiger charge is -2.28.